The van der Waals surface area contributed by atoms with Gasteiger partial charge in [0, 0.05) is 49.4 Å². The Morgan fingerprint density at radius 2 is 1.90 bits per heavy atom. The first-order chi connectivity index (χ1) is 14.2. The summed E-state index contributed by atoms with van der Waals surface area (Å²) in [5.41, 5.74) is 1.77. The highest BCUT2D eigenvalue weighted by atomic mass is 32.2. The van der Waals surface area contributed by atoms with Crippen LogP contribution < -0.4 is 0 Å². The van der Waals surface area contributed by atoms with Crippen LogP contribution in [0.15, 0.2) is 35.7 Å². The standard InChI is InChI=1S/C21H26N4O2S2/c1-2-19-22-17(13-29-19)12-23-8-10-24(11-9-23)21(27)18-14-28-15-25(18)20(26)16-6-4-3-5-7-16/h3-7,13,18H,2,8-12,14-15H2,1H3. The third-order valence-electron chi connectivity index (χ3n) is 5.42. The Hall–Kier alpha value is -1.90. The Balaban J connectivity index is 1.33. The number of amides is 2. The molecule has 154 valence electrons. The highest BCUT2D eigenvalue weighted by molar-refractivity contribution is 7.99. The SMILES string of the molecule is CCc1nc(CN2CCN(C(=O)C3CSCN3C(=O)c3ccccc3)CC2)cs1. The molecule has 1 unspecified atom stereocenters. The van der Waals surface area contributed by atoms with Gasteiger partial charge in [-0.25, -0.2) is 4.98 Å². The second-order valence-electron chi connectivity index (χ2n) is 7.34. The van der Waals surface area contributed by atoms with Gasteiger partial charge in [0.2, 0.25) is 5.91 Å². The summed E-state index contributed by atoms with van der Waals surface area (Å²) in [4.78, 5) is 36.7. The molecule has 1 aromatic carbocycles. The lowest BCUT2D eigenvalue weighted by molar-refractivity contribution is -0.136. The van der Waals surface area contributed by atoms with E-state index in [-0.39, 0.29) is 17.9 Å². The average molecular weight is 431 g/mol. The molecule has 0 aliphatic carbocycles. The quantitative estimate of drug-likeness (QED) is 0.730. The second-order valence-corrected chi connectivity index (χ2v) is 9.29. The summed E-state index contributed by atoms with van der Waals surface area (Å²) in [6.07, 6.45) is 0.977. The number of rotatable bonds is 5. The lowest BCUT2D eigenvalue weighted by atomic mass is 10.1. The summed E-state index contributed by atoms with van der Waals surface area (Å²) >= 11 is 3.37. The molecular weight excluding hydrogens is 404 g/mol. The van der Waals surface area contributed by atoms with Crippen molar-refractivity contribution in [1.29, 1.82) is 0 Å². The fraction of sp³-hybridized carbons (Fsp3) is 0.476. The van der Waals surface area contributed by atoms with Crippen molar-refractivity contribution in [3.05, 3.63) is 52.0 Å². The number of benzene rings is 1. The normalized spacial score (nSPS) is 20.2. The number of carbonyl (C=O) groups excluding carboxylic acids is 2. The van der Waals surface area contributed by atoms with Crippen LogP contribution in [0.1, 0.15) is 28.0 Å². The number of hydrogen-bond acceptors (Lipinski definition) is 6. The van der Waals surface area contributed by atoms with E-state index >= 15 is 0 Å². The van der Waals surface area contributed by atoms with Crippen LogP contribution in [0.5, 0.6) is 0 Å². The Morgan fingerprint density at radius 3 is 2.59 bits per heavy atom. The van der Waals surface area contributed by atoms with Gasteiger partial charge < -0.3 is 9.80 Å². The average Bonchev–Trinajstić information content (AvgIpc) is 3.43. The molecular formula is C21H26N4O2S2. The number of thiazole rings is 1. The lowest BCUT2D eigenvalue weighted by Crippen LogP contribution is -2.54. The minimum Gasteiger partial charge on any atom is -0.338 e. The van der Waals surface area contributed by atoms with Crippen molar-refractivity contribution in [2.45, 2.75) is 25.9 Å². The summed E-state index contributed by atoms with van der Waals surface area (Å²) in [6, 6.07) is 8.88. The van der Waals surface area contributed by atoms with Crippen molar-refractivity contribution in [2.75, 3.05) is 37.8 Å². The number of carbonyl (C=O) groups is 2. The Morgan fingerprint density at radius 1 is 1.14 bits per heavy atom. The Bertz CT molecular complexity index is 849. The van der Waals surface area contributed by atoms with Crippen LogP contribution in [-0.2, 0) is 17.8 Å². The van der Waals surface area contributed by atoms with Crippen LogP contribution in [0.25, 0.3) is 0 Å². The molecule has 2 fully saturated rings. The first-order valence-corrected chi connectivity index (χ1v) is 12.1. The third kappa shape index (κ3) is 4.65. The molecule has 2 amide bonds. The molecule has 3 heterocycles. The highest BCUT2D eigenvalue weighted by Gasteiger charge is 2.38. The molecule has 6 nitrogen and oxygen atoms in total. The van der Waals surface area contributed by atoms with Gasteiger partial charge >= 0.3 is 0 Å². The van der Waals surface area contributed by atoms with Gasteiger partial charge in [0.05, 0.1) is 16.6 Å². The molecule has 2 aliphatic rings. The van der Waals surface area contributed by atoms with Crippen molar-refractivity contribution in [2.24, 2.45) is 0 Å². The third-order valence-corrected chi connectivity index (χ3v) is 7.47. The van der Waals surface area contributed by atoms with E-state index < -0.39 is 0 Å². The maximum atomic E-state index is 13.1. The van der Waals surface area contributed by atoms with Gasteiger partial charge in [-0.15, -0.1) is 23.1 Å². The van der Waals surface area contributed by atoms with E-state index in [0.717, 1.165) is 31.7 Å². The van der Waals surface area contributed by atoms with Crippen molar-refractivity contribution in [3.8, 4) is 0 Å². The summed E-state index contributed by atoms with van der Waals surface area (Å²) in [6.45, 7) is 6.07. The number of thioether (sulfide) groups is 1. The zero-order valence-electron chi connectivity index (χ0n) is 16.6. The maximum absolute atomic E-state index is 13.1. The van der Waals surface area contributed by atoms with E-state index in [9.17, 15) is 9.59 Å². The molecule has 0 radical (unpaired) electrons. The topological polar surface area (TPSA) is 56.8 Å². The van der Waals surface area contributed by atoms with Crippen LogP contribution in [0.4, 0.5) is 0 Å². The van der Waals surface area contributed by atoms with Gasteiger partial charge in [-0.1, -0.05) is 25.1 Å². The van der Waals surface area contributed by atoms with Crippen molar-refractivity contribution in [1.82, 2.24) is 19.7 Å². The van der Waals surface area contributed by atoms with E-state index in [1.54, 1.807) is 28.0 Å². The molecule has 8 heteroatoms. The van der Waals surface area contributed by atoms with Gasteiger partial charge in [-0.05, 0) is 18.6 Å². The molecule has 0 bridgehead atoms. The molecule has 4 rings (SSSR count). The van der Waals surface area contributed by atoms with Crippen LogP contribution in [0.2, 0.25) is 0 Å². The second kappa shape index (κ2) is 9.28. The number of piperazine rings is 1. The molecule has 0 spiro atoms. The first kappa shape index (κ1) is 20.4. The summed E-state index contributed by atoms with van der Waals surface area (Å²) in [7, 11) is 0. The van der Waals surface area contributed by atoms with E-state index in [4.69, 9.17) is 0 Å². The van der Waals surface area contributed by atoms with E-state index in [1.165, 1.54) is 5.01 Å². The zero-order chi connectivity index (χ0) is 20.2. The van der Waals surface area contributed by atoms with Crippen LogP contribution in [-0.4, -0.2) is 75.3 Å². The van der Waals surface area contributed by atoms with Gasteiger partial charge in [0.15, 0.2) is 0 Å². The Labute approximate surface area is 179 Å². The highest BCUT2D eigenvalue weighted by Crippen LogP contribution is 2.25. The minimum absolute atomic E-state index is 0.0529. The monoisotopic (exact) mass is 430 g/mol. The Kier molecular flexibility index (Phi) is 6.52. The summed E-state index contributed by atoms with van der Waals surface area (Å²) < 4.78 is 0. The van der Waals surface area contributed by atoms with Crippen molar-refractivity contribution >= 4 is 34.9 Å². The van der Waals surface area contributed by atoms with Gasteiger partial charge in [0.25, 0.3) is 5.91 Å². The molecule has 2 aliphatic heterocycles. The lowest BCUT2D eigenvalue weighted by Gasteiger charge is -2.36. The summed E-state index contributed by atoms with van der Waals surface area (Å²) in [5, 5.41) is 3.31. The fourth-order valence-corrected chi connectivity index (χ4v) is 5.63. The first-order valence-electron chi connectivity index (χ1n) is 10.0. The van der Waals surface area contributed by atoms with Crippen LogP contribution >= 0.6 is 23.1 Å². The van der Waals surface area contributed by atoms with Gasteiger partial charge in [-0.2, -0.15) is 0 Å². The van der Waals surface area contributed by atoms with Crippen LogP contribution in [0.3, 0.4) is 0 Å². The van der Waals surface area contributed by atoms with E-state index in [0.29, 0.717) is 30.3 Å². The summed E-state index contributed by atoms with van der Waals surface area (Å²) in [5.74, 6) is 1.29. The predicted molar refractivity (Wildman–Crippen MR) is 117 cm³/mol. The zero-order valence-corrected chi connectivity index (χ0v) is 18.3. The fourth-order valence-electron chi connectivity index (χ4n) is 3.74. The molecule has 1 atom stereocenters. The molecule has 0 saturated carbocycles. The van der Waals surface area contributed by atoms with Crippen molar-refractivity contribution < 1.29 is 9.59 Å². The largest absolute Gasteiger partial charge is 0.338 e. The van der Waals surface area contributed by atoms with Crippen molar-refractivity contribution in [3.63, 3.8) is 0 Å². The molecule has 2 saturated heterocycles. The van der Waals surface area contributed by atoms with Crippen LogP contribution in [0, 0.1) is 0 Å². The maximum Gasteiger partial charge on any atom is 0.255 e. The minimum atomic E-state index is -0.357. The number of aryl methyl sites for hydroxylation is 1. The molecule has 29 heavy (non-hydrogen) atoms. The smallest absolute Gasteiger partial charge is 0.255 e. The molecule has 1 aromatic heterocycles. The van der Waals surface area contributed by atoms with Gasteiger partial charge in [0.1, 0.15) is 6.04 Å². The number of aromatic nitrogens is 1. The molecule has 2 aromatic rings. The van der Waals surface area contributed by atoms with Gasteiger partial charge in [-0.3, -0.25) is 14.5 Å². The van der Waals surface area contributed by atoms with E-state index in [2.05, 4.69) is 22.2 Å². The van der Waals surface area contributed by atoms with E-state index in [1.807, 2.05) is 35.2 Å². The number of nitrogens with zero attached hydrogens (tertiary/aromatic N) is 4. The number of hydrogen-bond donors (Lipinski definition) is 0. The predicted octanol–water partition coefficient (Wildman–Crippen LogP) is 2.56. The molecule has 0 N–H and O–H groups in total.